The first-order valence-corrected chi connectivity index (χ1v) is 6.67. The summed E-state index contributed by atoms with van der Waals surface area (Å²) < 4.78 is 9.97. The van der Waals surface area contributed by atoms with Crippen LogP contribution in [0.4, 0.5) is 0 Å². The second-order valence-corrected chi connectivity index (χ2v) is 4.69. The Hall–Kier alpha value is -1.92. The summed E-state index contributed by atoms with van der Waals surface area (Å²) >= 11 is 0. The molecule has 0 aliphatic rings. The van der Waals surface area contributed by atoms with E-state index >= 15 is 0 Å². The number of methoxy groups -OCH3 is 1. The number of amides is 1. The standard InChI is InChI=1S/C15H21NO5/c1-10(17)13(15(19)20-3)16-14(18)11(2)21-9-12-7-5-4-6-8-12/h4-8,10-11,13,17H,9H2,1-3H3,(H,16,18)/t10-,11?,13-/m0/s1. The van der Waals surface area contributed by atoms with E-state index in [1.807, 2.05) is 30.3 Å². The number of rotatable bonds is 7. The molecule has 6 heteroatoms. The molecule has 0 fully saturated rings. The summed E-state index contributed by atoms with van der Waals surface area (Å²) in [6.45, 7) is 3.26. The Bertz CT molecular complexity index is 460. The molecule has 1 aromatic rings. The first-order valence-electron chi connectivity index (χ1n) is 6.67. The Morgan fingerprint density at radius 1 is 1.24 bits per heavy atom. The zero-order valence-electron chi connectivity index (χ0n) is 12.4. The molecule has 1 amide bonds. The van der Waals surface area contributed by atoms with Gasteiger partial charge in [0.25, 0.3) is 0 Å². The van der Waals surface area contributed by atoms with E-state index in [9.17, 15) is 14.7 Å². The molecule has 0 saturated carbocycles. The number of ether oxygens (including phenoxy) is 2. The third-order valence-corrected chi connectivity index (χ3v) is 2.95. The van der Waals surface area contributed by atoms with Crippen LogP contribution in [0.3, 0.4) is 0 Å². The SMILES string of the molecule is COC(=O)[C@@H](NC(=O)C(C)OCc1ccccc1)[C@H](C)O. The van der Waals surface area contributed by atoms with Gasteiger partial charge in [0.1, 0.15) is 6.10 Å². The van der Waals surface area contributed by atoms with Crippen molar-refractivity contribution in [1.29, 1.82) is 0 Å². The lowest BCUT2D eigenvalue weighted by molar-refractivity contribution is -0.150. The first kappa shape index (κ1) is 17.1. The van der Waals surface area contributed by atoms with Crippen molar-refractivity contribution in [3.05, 3.63) is 35.9 Å². The van der Waals surface area contributed by atoms with Gasteiger partial charge in [0.05, 0.1) is 19.8 Å². The summed E-state index contributed by atoms with van der Waals surface area (Å²) in [5.41, 5.74) is 0.942. The van der Waals surface area contributed by atoms with Crippen molar-refractivity contribution < 1.29 is 24.2 Å². The zero-order valence-corrected chi connectivity index (χ0v) is 12.4. The Balaban J connectivity index is 2.51. The highest BCUT2D eigenvalue weighted by molar-refractivity contribution is 5.87. The summed E-state index contributed by atoms with van der Waals surface area (Å²) in [7, 11) is 1.19. The molecular formula is C15H21NO5. The highest BCUT2D eigenvalue weighted by Gasteiger charge is 2.28. The molecular weight excluding hydrogens is 274 g/mol. The molecule has 116 valence electrons. The molecule has 1 aromatic carbocycles. The maximum Gasteiger partial charge on any atom is 0.331 e. The number of aliphatic hydroxyl groups excluding tert-OH is 1. The van der Waals surface area contributed by atoms with Gasteiger partial charge in [-0.05, 0) is 19.4 Å². The van der Waals surface area contributed by atoms with Crippen LogP contribution in [0.1, 0.15) is 19.4 Å². The quantitative estimate of drug-likeness (QED) is 0.721. The van der Waals surface area contributed by atoms with E-state index in [0.29, 0.717) is 0 Å². The molecule has 6 nitrogen and oxygen atoms in total. The van der Waals surface area contributed by atoms with Crippen LogP contribution in [0.5, 0.6) is 0 Å². The summed E-state index contributed by atoms with van der Waals surface area (Å²) in [6.07, 6.45) is -1.81. The molecule has 1 unspecified atom stereocenters. The molecule has 2 N–H and O–H groups in total. The highest BCUT2D eigenvalue weighted by Crippen LogP contribution is 2.04. The van der Waals surface area contributed by atoms with Crippen LogP contribution in [-0.4, -0.2) is 42.3 Å². The van der Waals surface area contributed by atoms with E-state index in [4.69, 9.17) is 4.74 Å². The van der Waals surface area contributed by atoms with Crippen LogP contribution in [-0.2, 0) is 25.7 Å². The third-order valence-electron chi connectivity index (χ3n) is 2.95. The maximum absolute atomic E-state index is 11.9. The minimum absolute atomic E-state index is 0.285. The van der Waals surface area contributed by atoms with Gasteiger partial charge in [-0.2, -0.15) is 0 Å². The van der Waals surface area contributed by atoms with Gasteiger partial charge in [0.15, 0.2) is 6.04 Å². The molecule has 0 heterocycles. The predicted molar refractivity (Wildman–Crippen MR) is 76.3 cm³/mol. The molecule has 0 aliphatic heterocycles. The second kappa shape index (κ2) is 8.39. The van der Waals surface area contributed by atoms with E-state index in [1.165, 1.54) is 14.0 Å². The van der Waals surface area contributed by atoms with E-state index in [0.717, 1.165) is 5.56 Å². The molecule has 0 bridgehead atoms. The van der Waals surface area contributed by atoms with Crippen LogP contribution in [0.2, 0.25) is 0 Å². The lowest BCUT2D eigenvalue weighted by Gasteiger charge is -2.21. The van der Waals surface area contributed by atoms with Crippen molar-refractivity contribution in [3.8, 4) is 0 Å². The molecule has 1 rings (SSSR count). The normalized spacial score (nSPS) is 14.9. The Labute approximate surface area is 124 Å². The monoisotopic (exact) mass is 295 g/mol. The van der Waals surface area contributed by atoms with Crippen LogP contribution in [0, 0.1) is 0 Å². The first-order chi connectivity index (χ1) is 9.95. The van der Waals surface area contributed by atoms with Crippen LogP contribution >= 0.6 is 0 Å². The van der Waals surface area contributed by atoms with Crippen LogP contribution in [0.25, 0.3) is 0 Å². The van der Waals surface area contributed by atoms with E-state index < -0.39 is 30.1 Å². The van der Waals surface area contributed by atoms with Crippen LogP contribution < -0.4 is 5.32 Å². The molecule has 0 saturated heterocycles. The number of aliphatic hydroxyl groups is 1. The maximum atomic E-state index is 11.9. The largest absolute Gasteiger partial charge is 0.467 e. The van der Waals surface area contributed by atoms with E-state index in [1.54, 1.807) is 6.92 Å². The number of benzene rings is 1. The van der Waals surface area contributed by atoms with Crippen molar-refractivity contribution in [2.24, 2.45) is 0 Å². The fourth-order valence-electron chi connectivity index (χ4n) is 1.65. The molecule has 0 spiro atoms. The minimum Gasteiger partial charge on any atom is -0.467 e. The Morgan fingerprint density at radius 2 is 1.86 bits per heavy atom. The van der Waals surface area contributed by atoms with Gasteiger partial charge in [-0.25, -0.2) is 4.79 Å². The molecule has 21 heavy (non-hydrogen) atoms. The van der Waals surface area contributed by atoms with Gasteiger partial charge < -0.3 is 19.9 Å². The number of nitrogens with one attached hydrogen (secondary N) is 1. The smallest absolute Gasteiger partial charge is 0.331 e. The topological polar surface area (TPSA) is 84.9 Å². The van der Waals surface area contributed by atoms with E-state index in [2.05, 4.69) is 10.1 Å². The number of hydrogen-bond donors (Lipinski definition) is 2. The zero-order chi connectivity index (χ0) is 15.8. The average Bonchev–Trinajstić information content (AvgIpc) is 2.49. The number of hydrogen-bond acceptors (Lipinski definition) is 5. The summed E-state index contributed by atoms with van der Waals surface area (Å²) in [6, 6.07) is 8.32. The third kappa shape index (κ3) is 5.53. The van der Waals surface area contributed by atoms with Crippen molar-refractivity contribution in [1.82, 2.24) is 5.32 Å². The number of carbonyl (C=O) groups excluding carboxylic acids is 2. The van der Waals surface area contributed by atoms with Crippen molar-refractivity contribution in [2.45, 2.75) is 38.7 Å². The van der Waals surface area contributed by atoms with Gasteiger partial charge in [-0.3, -0.25) is 4.79 Å². The van der Waals surface area contributed by atoms with Gasteiger partial charge in [-0.1, -0.05) is 30.3 Å². The summed E-state index contributed by atoms with van der Waals surface area (Å²) in [5.74, 6) is -1.18. The Kier molecular flexibility index (Phi) is 6.84. The van der Waals surface area contributed by atoms with Crippen molar-refractivity contribution in [2.75, 3.05) is 7.11 Å². The van der Waals surface area contributed by atoms with Gasteiger partial charge >= 0.3 is 5.97 Å². The number of carbonyl (C=O) groups is 2. The van der Waals surface area contributed by atoms with Crippen LogP contribution in [0.15, 0.2) is 30.3 Å². The average molecular weight is 295 g/mol. The van der Waals surface area contributed by atoms with E-state index in [-0.39, 0.29) is 6.61 Å². The predicted octanol–water partition coefficient (Wildman–Crippen LogP) is 0.630. The molecule has 3 atom stereocenters. The summed E-state index contributed by atoms with van der Waals surface area (Å²) in [4.78, 5) is 23.4. The van der Waals surface area contributed by atoms with Gasteiger partial charge in [-0.15, -0.1) is 0 Å². The molecule has 0 aromatic heterocycles. The second-order valence-electron chi connectivity index (χ2n) is 4.69. The molecule has 0 radical (unpaired) electrons. The number of esters is 1. The lowest BCUT2D eigenvalue weighted by atomic mass is 10.1. The molecule has 0 aliphatic carbocycles. The van der Waals surface area contributed by atoms with Gasteiger partial charge in [0, 0.05) is 0 Å². The van der Waals surface area contributed by atoms with Crippen molar-refractivity contribution in [3.63, 3.8) is 0 Å². The van der Waals surface area contributed by atoms with Crippen molar-refractivity contribution >= 4 is 11.9 Å². The fraction of sp³-hybridized carbons (Fsp3) is 0.467. The highest BCUT2D eigenvalue weighted by atomic mass is 16.5. The Morgan fingerprint density at radius 3 is 2.38 bits per heavy atom. The minimum atomic E-state index is -1.11. The fourth-order valence-corrected chi connectivity index (χ4v) is 1.65. The summed E-state index contributed by atoms with van der Waals surface area (Å²) in [5, 5.41) is 11.9. The lowest BCUT2D eigenvalue weighted by Crippen LogP contribution is -2.51. The van der Waals surface area contributed by atoms with Gasteiger partial charge in [0.2, 0.25) is 5.91 Å².